The normalized spacial score (nSPS) is 13.8. The van der Waals surface area contributed by atoms with Crippen LogP contribution in [-0.4, -0.2) is 75.6 Å². The van der Waals surface area contributed by atoms with Crippen LogP contribution in [-0.2, 0) is 0 Å². The molecule has 254 valence electrons. The second-order valence-electron chi connectivity index (χ2n) is 12.4. The summed E-state index contributed by atoms with van der Waals surface area (Å²) < 4.78 is 29.0. The number of anilines is 3. The Balaban J connectivity index is 1.16. The average Bonchev–Trinajstić information content (AvgIpc) is 3.63. The van der Waals surface area contributed by atoms with Crippen molar-refractivity contribution in [1.82, 2.24) is 24.3 Å². The Bertz CT molecular complexity index is 1850. The Hall–Kier alpha value is -5.26. The van der Waals surface area contributed by atoms with Crippen LogP contribution in [0.25, 0.3) is 5.69 Å². The summed E-state index contributed by atoms with van der Waals surface area (Å²) in [5, 5.41) is 6.02. The maximum atomic E-state index is 15.1. The first-order valence-corrected chi connectivity index (χ1v) is 16.5. The fraction of sp³-hybridized carbons (Fsp3) is 0.289. The van der Waals surface area contributed by atoms with Crippen LogP contribution in [0.15, 0.2) is 91.4 Å². The first kappa shape index (κ1) is 33.6. The van der Waals surface area contributed by atoms with E-state index in [1.54, 1.807) is 24.3 Å². The number of para-hydroxylation sites is 1. The molecule has 49 heavy (non-hydrogen) atoms. The largest absolute Gasteiger partial charge is 0.489 e. The fourth-order valence-electron chi connectivity index (χ4n) is 5.77. The van der Waals surface area contributed by atoms with Crippen molar-refractivity contribution in [3.05, 3.63) is 114 Å². The van der Waals surface area contributed by atoms with Gasteiger partial charge in [-0.15, -0.1) is 0 Å². The third-order valence-corrected chi connectivity index (χ3v) is 8.66. The van der Waals surface area contributed by atoms with Gasteiger partial charge in [0, 0.05) is 80.5 Å². The second-order valence-corrected chi connectivity index (χ2v) is 12.4. The number of ether oxygens (including phenoxy) is 2. The number of hydrogen-bond donors (Lipinski definition) is 2. The molecule has 10 nitrogen and oxygen atoms in total. The van der Waals surface area contributed by atoms with Gasteiger partial charge in [-0.2, -0.15) is 4.98 Å². The molecular formula is C38H42FN7O3. The van der Waals surface area contributed by atoms with Gasteiger partial charge in [0.2, 0.25) is 11.8 Å². The van der Waals surface area contributed by atoms with Gasteiger partial charge in [-0.05, 0) is 87.4 Å². The lowest BCUT2D eigenvalue weighted by molar-refractivity contribution is 0.0965. The molecule has 0 saturated carbocycles. The Morgan fingerprint density at radius 1 is 0.939 bits per heavy atom. The summed E-state index contributed by atoms with van der Waals surface area (Å²) in [6.45, 7) is 13.4. The number of carbonyl (C=O) groups excluding carboxylic acids is 1. The van der Waals surface area contributed by atoms with Gasteiger partial charge in [-0.1, -0.05) is 18.2 Å². The maximum absolute atomic E-state index is 15.1. The first-order valence-electron chi connectivity index (χ1n) is 16.5. The number of amides is 1. The number of carbonyl (C=O) groups is 1. The van der Waals surface area contributed by atoms with E-state index < -0.39 is 11.7 Å². The van der Waals surface area contributed by atoms with E-state index in [4.69, 9.17) is 9.47 Å². The molecule has 0 atom stereocenters. The molecule has 0 aliphatic carbocycles. The number of nitrogens with zero attached hydrogens (tertiary/aromatic N) is 5. The van der Waals surface area contributed by atoms with E-state index in [1.165, 1.54) is 12.3 Å². The number of hydrogen-bond acceptors (Lipinski definition) is 8. The van der Waals surface area contributed by atoms with Crippen LogP contribution < -0.4 is 20.1 Å². The van der Waals surface area contributed by atoms with Crippen LogP contribution in [0.2, 0.25) is 0 Å². The molecular weight excluding hydrogens is 621 g/mol. The van der Waals surface area contributed by atoms with Crippen LogP contribution in [0.5, 0.6) is 17.4 Å². The zero-order valence-corrected chi connectivity index (χ0v) is 28.3. The van der Waals surface area contributed by atoms with E-state index in [0.717, 1.165) is 49.5 Å². The number of nitrogens with one attached hydrogen (secondary N) is 2. The molecule has 3 aromatic carbocycles. The molecule has 1 saturated heterocycles. The molecule has 2 aromatic heterocycles. The minimum Gasteiger partial charge on any atom is -0.489 e. The van der Waals surface area contributed by atoms with Crippen LogP contribution in [0, 0.1) is 19.7 Å². The number of aryl methyl sites for hydroxylation is 2. The molecule has 11 heteroatoms. The zero-order valence-electron chi connectivity index (χ0n) is 28.3. The molecule has 2 N–H and O–H groups in total. The lowest BCUT2D eigenvalue weighted by Gasteiger charge is -2.36. The van der Waals surface area contributed by atoms with Crippen LogP contribution in [0.4, 0.5) is 21.7 Å². The second kappa shape index (κ2) is 15.3. The zero-order chi connectivity index (χ0) is 34.3. The van der Waals surface area contributed by atoms with Gasteiger partial charge in [-0.3, -0.25) is 14.6 Å². The predicted octanol–water partition coefficient (Wildman–Crippen LogP) is 7.22. The number of halogens is 1. The Morgan fingerprint density at radius 3 is 2.33 bits per heavy atom. The number of aromatic nitrogens is 3. The smallest absolute Gasteiger partial charge is 0.262 e. The number of benzene rings is 3. The molecule has 0 spiro atoms. The highest BCUT2D eigenvalue weighted by atomic mass is 19.1. The number of piperazine rings is 1. The molecule has 1 fully saturated rings. The highest BCUT2D eigenvalue weighted by Crippen LogP contribution is 2.29. The van der Waals surface area contributed by atoms with E-state index >= 15 is 4.39 Å². The number of rotatable bonds is 12. The van der Waals surface area contributed by atoms with Crippen molar-refractivity contribution in [2.75, 3.05) is 50.0 Å². The summed E-state index contributed by atoms with van der Waals surface area (Å²) in [5.41, 5.74) is 4.08. The molecule has 6 rings (SSSR count). The van der Waals surface area contributed by atoms with Gasteiger partial charge >= 0.3 is 0 Å². The first-order chi connectivity index (χ1) is 23.7. The van der Waals surface area contributed by atoms with Crippen LogP contribution in [0.3, 0.4) is 0 Å². The summed E-state index contributed by atoms with van der Waals surface area (Å²) in [4.78, 5) is 27.3. The van der Waals surface area contributed by atoms with Gasteiger partial charge in [-0.25, -0.2) is 9.37 Å². The molecule has 0 bridgehead atoms. The van der Waals surface area contributed by atoms with Crippen molar-refractivity contribution in [2.24, 2.45) is 0 Å². The molecule has 1 aliphatic rings. The van der Waals surface area contributed by atoms with Crippen molar-refractivity contribution in [1.29, 1.82) is 0 Å². The van der Waals surface area contributed by atoms with E-state index in [2.05, 4.69) is 44.2 Å². The van der Waals surface area contributed by atoms with Gasteiger partial charge in [0.15, 0.2) is 11.6 Å². The van der Waals surface area contributed by atoms with Crippen LogP contribution in [0.1, 0.15) is 35.3 Å². The standard InChI is InChI=1S/C38H42FN7O3/c1-26(2)45-20-18-44(19-21-45)22-23-48-34-15-10-29(24-33(34)39)41-38-40-25-32(36(47)42-35-27(3)8-7-9-28(35)4)37(43-38)49-31-13-11-30(12-14-31)46-16-5-6-17-46/h5-17,24-26H,18-23H2,1-4H3,(H,42,47)(H,40,41,43). The molecule has 5 aromatic rings. The monoisotopic (exact) mass is 663 g/mol. The summed E-state index contributed by atoms with van der Waals surface area (Å²) in [6.07, 6.45) is 5.30. The summed E-state index contributed by atoms with van der Waals surface area (Å²) >= 11 is 0. The Labute approximate surface area is 286 Å². The summed E-state index contributed by atoms with van der Waals surface area (Å²) in [5.74, 6) is -0.0780. The third-order valence-electron chi connectivity index (χ3n) is 8.66. The lowest BCUT2D eigenvalue weighted by atomic mass is 10.1. The molecule has 1 aliphatic heterocycles. The van der Waals surface area contributed by atoms with E-state index in [9.17, 15) is 4.79 Å². The van der Waals surface area contributed by atoms with Gasteiger partial charge < -0.3 is 24.7 Å². The third kappa shape index (κ3) is 8.43. The van der Waals surface area contributed by atoms with Crippen LogP contribution >= 0.6 is 0 Å². The topological polar surface area (TPSA) is 96.8 Å². The summed E-state index contributed by atoms with van der Waals surface area (Å²) in [7, 11) is 0. The Morgan fingerprint density at radius 2 is 1.65 bits per heavy atom. The summed E-state index contributed by atoms with van der Waals surface area (Å²) in [6, 6.07) is 22.3. The van der Waals surface area contributed by atoms with E-state index in [-0.39, 0.29) is 23.1 Å². The van der Waals surface area contributed by atoms with Gasteiger partial charge in [0.25, 0.3) is 5.91 Å². The molecule has 3 heterocycles. The lowest BCUT2D eigenvalue weighted by Crippen LogP contribution is -2.49. The van der Waals surface area contributed by atoms with E-state index in [0.29, 0.717) is 29.8 Å². The van der Waals surface area contributed by atoms with Crippen molar-refractivity contribution >= 4 is 23.2 Å². The minimum absolute atomic E-state index is 0.0459. The van der Waals surface area contributed by atoms with Crippen molar-refractivity contribution in [3.8, 4) is 23.1 Å². The highest BCUT2D eigenvalue weighted by Gasteiger charge is 2.21. The predicted molar refractivity (Wildman–Crippen MR) is 190 cm³/mol. The molecule has 1 amide bonds. The van der Waals surface area contributed by atoms with Crippen molar-refractivity contribution < 1.29 is 18.7 Å². The highest BCUT2D eigenvalue weighted by molar-refractivity contribution is 6.06. The SMILES string of the molecule is Cc1cccc(C)c1NC(=O)c1cnc(Nc2ccc(OCCN3CCN(C(C)C)CC3)c(F)c2)nc1Oc1ccc(-n2cccc2)cc1. The molecule has 0 radical (unpaired) electrons. The van der Waals surface area contributed by atoms with Crippen molar-refractivity contribution in [2.45, 2.75) is 33.7 Å². The molecule has 0 unspecified atom stereocenters. The average molecular weight is 664 g/mol. The van der Waals surface area contributed by atoms with E-state index in [1.807, 2.05) is 73.3 Å². The minimum atomic E-state index is -0.501. The van der Waals surface area contributed by atoms with Gasteiger partial charge in [0.1, 0.15) is 17.9 Å². The Kier molecular flexibility index (Phi) is 10.5. The quantitative estimate of drug-likeness (QED) is 0.145. The van der Waals surface area contributed by atoms with Crippen molar-refractivity contribution in [3.63, 3.8) is 0 Å². The van der Waals surface area contributed by atoms with Gasteiger partial charge in [0.05, 0.1) is 0 Å². The fourth-order valence-corrected chi connectivity index (χ4v) is 5.77. The maximum Gasteiger partial charge on any atom is 0.262 e.